The van der Waals surface area contributed by atoms with Crippen molar-refractivity contribution in [1.82, 2.24) is 5.32 Å². The van der Waals surface area contributed by atoms with Gasteiger partial charge in [0.15, 0.2) is 23.3 Å². The van der Waals surface area contributed by atoms with E-state index in [9.17, 15) is 27.2 Å². The molecule has 1 amide bonds. The molecule has 0 radical (unpaired) electrons. The van der Waals surface area contributed by atoms with Crippen LogP contribution in [-0.4, -0.2) is 22.5 Å². The Morgan fingerprint density at radius 3 is 2.24 bits per heavy atom. The Bertz CT molecular complexity index is 630. The summed E-state index contributed by atoms with van der Waals surface area (Å²) in [5, 5.41) is 11.2. The zero-order valence-electron chi connectivity index (χ0n) is 10.8. The molecule has 1 aromatic rings. The molecule has 4 nitrogen and oxygen atoms in total. The van der Waals surface area contributed by atoms with Gasteiger partial charge in [-0.05, 0) is 31.7 Å². The molecule has 1 atom stereocenters. The molecule has 1 aromatic carbocycles. The van der Waals surface area contributed by atoms with Crippen LogP contribution in [0.1, 0.15) is 30.1 Å². The van der Waals surface area contributed by atoms with Gasteiger partial charge in [0.2, 0.25) is 0 Å². The number of carboxylic acids is 1. The van der Waals surface area contributed by atoms with E-state index in [2.05, 4.69) is 5.32 Å². The van der Waals surface area contributed by atoms with Crippen molar-refractivity contribution in [1.29, 1.82) is 0 Å². The topological polar surface area (TPSA) is 66.4 Å². The van der Waals surface area contributed by atoms with Gasteiger partial charge in [-0.15, -0.1) is 0 Å². The van der Waals surface area contributed by atoms with Gasteiger partial charge < -0.3 is 10.4 Å². The second-order valence-corrected chi connectivity index (χ2v) is 5.08. The Balaban J connectivity index is 2.35. The van der Waals surface area contributed by atoms with E-state index in [1.54, 1.807) is 0 Å². The van der Waals surface area contributed by atoms with Gasteiger partial charge in [-0.2, -0.15) is 0 Å². The first-order valence-corrected chi connectivity index (χ1v) is 6.07. The van der Waals surface area contributed by atoms with Gasteiger partial charge in [0.05, 0.1) is 5.56 Å². The molecule has 2 rings (SSSR count). The number of nitrogens with one attached hydrogen (secondary N) is 1. The van der Waals surface area contributed by atoms with Crippen molar-refractivity contribution < 1.29 is 32.3 Å². The Hall–Kier alpha value is -2.12. The summed E-state index contributed by atoms with van der Waals surface area (Å²) in [6.45, 7) is 1.22. The molecule has 1 unspecified atom stereocenters. The third-order valence-corrected chi connectivity index (χ3v) is 3.56. The molecule has 8 heteroatoms. The Morgan fingerprint density at radius 2 is 1.76 bits per heavy atom. The predicted molar refractivity (Wildman–Crippen MR) is 62.5 cm³/mol. The van der Waals surface area contributed by atoms with Gasteiger partial charge in [0, 0.05) is 0 Å². The fourth-order valence-electron chi connectivity index (χ4n) is 2.03. The molecule has 1 fully saturated rings. The molecular formula is C13H11F4NO3. The molecule has 1 aliphatic rings. The largest absolute Gasteiger partial charge is 0.480 e. The monoisotopic (exact) mass is 305 g/mol. The van der Waals surface area contributed by atoms with Gasteiger partial charge in [-0.25, -0.2) is 22.4 Å². The SMILES string of the molecule is CC(NC(=O)c1cc(F)c(F)c(F)c1F)(C(=O)O)C1CC1. The van der Waals surface area contributed by atoms with Gasteiger partial charge >= 0.3 is 5.97 Å². The van der Waals surface area contributed by atoms with Gasteiger partial charge in [0.25, 0.3) is 5.91 Å². The average molecular weight is 305 g/mol. The number of hydrogen-bond acceptors (Lipinski definition) is 2. The molecule has 0 aromatic heterocycles. The van der Waals surface area contributed by atoms with Gasteiger partial charge in [0.1, 0.15) is 5.54 Å². The molecule has 0 spiro atoms. The lowest BCUT2D eigenvalue weighted by molar-refractivity contribution is -0.144. The number of benzene rings is 1. The van der Waals surface area contributed by atoms with Crippen LogP contribution in [-0.2, 0) is 4.79 Å². The van der Waals surface area contributed by atoms with Crippen LogP contribution in [0.4, 0.5) is 17.6 Å². The summed E-state index contributed by atoms with van der Waals surface area (Å²) >= 11 is 0. The van der Waals surface area contributed by atoms with Crippen molar-refractivity contribution in [3.63, 3.8) is 0 Å². The third kappa shape index (κ3) is 2.57. The lowest BCUT2D eigenvalue weighted by Crippen LogP contribution is -2.54. The van der Waals surface area contributed by atoms with Crippen molar-refractivity contribution in [2.45, 2.75) is 25.3 Å². The Morgan fingerprint density at radius 1 is 1.19 bits per heavy atom. The summed E-state index contributed by atoms with van der Waals surface area (Å²) in [6, 6.07) is 0.193. The molecule has 1 saturated carbocycles. The summed E-state index contributed by atoms with van der Waals surface area (Å²) in [4.78, 5) is 23.1. The maximum atomic E-state index is 13.5. The minimum atomic E-state index is -2.12. The second kappa shape index (κ2) is 5.01. The van der Waals surface area contributed by atoms with Crippen molar-refractivity contribution >= 4 is 11.9 Å². The molecule has 0 aliphatic heterocycles. The second-order valence-electron chi connectivity index (χ2n) is 5.08. The number of carbonyl (C=O) groups excluding carboxylic acids is 1. The first kappa shape index (κ1) is 15.3. The Kier molecular flexibility index (Phi) is 3.65. The standard InChI is InChI=1S/C13H11F4NO3/c1-13(12(20)21,5-2-3-5)18-11(19)6-4-7(14)9(16)10(17)8(6)15/h4-5H,2-3H2,1H3,(H,18,19)(H,20,21). The summed E-state index contributed by atoms with van der Waals surface area (Å²) < 4.78 is 52.5. The first-order valence-electron chi connectivity index (χ1n) is 6.07. The van der Waals surface area contributed by atoms with Crippen LogP contribution in [0, 0.1) is 29.2 Å². The minimum Gasteiger partial charge on any atom is -0.480 e. The lowest BCUT2D eigenvalue weighted by atomic mass is 9.95. The molecule has 114 valence electrons. The van der Waals surface area contributed by atoms with Crippen molar-refractivity contribution in [2.24, 2.45) is 5.92 Å². The molecule has 1 aliphatic carbocycles. The highest BCUT2D eigenvalue weighted by Gasteiger charge is 2.49. The van der Waals surface area contributed by atoms with Crippen LogP contribution < -0.4 is 5.32 Å². The maximum absolute atomic E-state index is 13.5. The quantitative estimate of drug-likeness (QED) is 0.509. The van der Waals surface area contributed by atoms with Gasteiger partial charge in [-0.1, -0.05) is 0 Å². The predicted octanol–water partition coefficient (Wildman–Crippen LogP) is 2.23. The highest BCUT2D eigenvalue weighted by molar-refractivity contribution is 5.98. The fourth-order valence-corrected chi connectivity index (χ4v) is 2.03. The van der Waals surface area contributed by atoms with E-state index < -0.39 is 46.2 Å². The zero-order chi connectivity index (χ0) is 15.9. The number of halogens is 4. The molecule has 0 saturated heterocycles. The van der Waals surface area contributed by atoms with Crippen LogP contribution in [0.5, 0.6) is 0 Å². The highest BCUT2D eigenvalue weighted by atomic mass is 19.2. The summed E-state index contributed by atoms with van der Waals surface area (Å²) in [5.41, 5.74) is -2.76. The van der Waals surface area contributed by atoms with E-state index >= 15 is 0 Å². The van der Waals surface area contributed by atoms with Crippen molar-refractivity contribution in [3.05, 3.63) is 34.9 Å². The number of carboxylic acid groups (broad SMARTS) is 1. The maximum Gasteiger partial charge on any atom is 0.329 e. The number of rotatable bonds is 4. The van der Waals surface area contributed by atoms with Gasteiger partial charge in [-0.3, -0.25) is 4.79 Å². The lowest BCUT2D eigenvalue weighted by Gasteiger charge is -2.26. The van der Waals surface area contributed by atoms with E-state index in [0.717, 1.165) is 0 Å². The molecular weight excluding hydrogens is 294 g/mol. The van der Waals surface area contributed by atoms with Crippen LogP contribution in [0.3, 0.4) is 0 Å². The number of aliphatic carboxylic acids is 1. The van der Waals surface area contributed by atoms with E-state index in [1.165, 1.54) is 6.92 Å². The number of carbonyl (C=O) groups is 2. The Labute approximate surface area is 116 Å². The van der Waals surface area contributed by atoms with E-state index in [0.29, 0.717) is 12.8 Å². The van der Waals surface area contributed by atoms with E-state index in [4.69, 9.17) is 5.11 Å². The van der Waals surface area contributed by atoms with E-state index in [-0.39, 0.29) is 12.0 Å². The third-order valence-electron chi connectivity index (χ3n) is 3.56. The van der Waals surface area contributed by atoms with E-state index in [1.807, 2.05) is 0 Å². The molecule has 0 bridgehead atoms. The van der Waals surface area contributed by atoms with Crippen LogP contribution in [0.25, 0.3) is 0 Å². The summed E-state index contributed by atoms with van der Waals surface area (Å²) in [6.07, 6.45) is 1.11. The number of hydrogen-bond donors (Lipinski definition) is 2. The average Bonchev–Trinajstić information content (AvgIpc) is 3.24. The number of amides is 1. The molecule has 0 heterocycles. The smallest absolute Gasteiger partial charge is 0.329 e. The molecule has 21 heavy (non-hydrogen) atoms. The summed E-state index contributed by atoms with van der Waals surface area (Å²) in [5.74, 6) is -10.8. The fraction of sp³-hybridized carbons (Fsp3) is 0.385. The minimum absolute atomic E-state index is 0.193. The first-order chi connectivity index (χ1) is 9.68. The normalized spacial score (nSPS) is 17.2. The van der Waals surface area contributed by atoms with Crippen LogP contribution >= 0.6 is 0 Å². The summed E-state index contributed by atoms with van der Waals surface area (Å²) in [7, 11) is 0. The highest BCUT2D eigenvalue weighted by Crippen LogP contribution is 2.40. The van der Waals surface area contributed by atoms with Crippen molar-refractivity contribution in [3.8, 4) is 0 Å². The zero-order valence-corrected chi connectivity index (χ0v) is 10.8. The molecule has 2 N–H and O–H groups in total. The van der Waals surface area contributed by atoms with Crippen LogP contribution in [0.15, 0.2) is 6.07 Å². The van der Waals surface area contributed by atoms with Crippen molar-refractivity contribution in [2.75, 3.05) is 0 Å². The van der Waals surface area contributed by atoms with Crippen LogP contribution in [0.2, 0.25) is 0 Å².